The topological polar surface area (TPSA) is 59.8 Å². The normalized spacial score (nSPS) is 16.7. The lowest BCUT2D eigenvalue weighted by atomic mass is 9.82. The van der Waals surface area contributed by atoms with Gasteiger partial charge in [-0.3, -0.25) is 0 Å². The van der Waals surface area contributed by atoms with Crippen LogP contribution in [-0.4, -0.2) is 39.2 Å². The predicted octanol–water partition coefficient (Wildman–Crippen LogP) is 4.67. The second-order valence-corrected chi connectivity index (χ2v) is 10.2. The van der Waals surface area contributed by atoms with Crippen LogP contribution in [0.5, 0.6) is 5.75 Å². The molecule has 30 heavy (non-hydrogen) atoms. The first-order valence-corrected chi connectivity index (χ1v) is 12.3. The van der Waals surface area contributed by atoms with Crippen LogP contribution in [0.15, 0.2) is 46.9 Å². The van der Waals surface area contributed by atoms with E-state index in [0.717, 1.165) is 47.3 Å². The monoisotopic (exact) mass is 427 g/mol. The van der Waals surface area contributed by atoms with E-state index < -0.39 is 10.0 Å². The number of furan rings is 1. The van der Waals surface area contributed by atoms with Crippen LogP contribution in [-0.2, 0) is 22.9 Å². The first-order valence-electron chi connectivity index (χ1n) is 10.4. The molecule has 6 heteroatoms. The molecule has 0 spiro atoms. The lowest BCUT2D eigenvalue weighted by Gasteiger charge is -2.31. The van der Waals surface area contributed by atoms with E-state index in [9.17, 15) is 8.42 Å². The van der Waals surface area contributed by atoms with E-state index in [-0.39, 0.29) is 5.92 Å². The minimum Gasteiger partial charge on any atom is -0.496 e. The number of hydrogen-bond acceptors (Lipinski definition) is 4. The van der Waals surface area contributed by atoms with Crippen molar-refractivity contribution in [2.24, 2.45) is 0 Å². The molecule has 0 saturated carbocycles. The van der Waals surface area contributed by atoms with Crippen LogP contribution in [0.2, 0.25) is 0 Å². The van der Waals surface area contributed by atoms with Crippen molar-refractivity contribution in [1.82, 2.24) is 4.31 Å². The van der Waals surface area contributed by atoms with E-state index in [0.29, 0.717) is 19.5 Å². The van der Waals surface area contributed by atoms with Gasteiger partial charge in [0, 0.05) is 18.5 Å². The molecule has 0 bridgehead atoms. The van der Waals surface area contributed by atoms with Crippen molar-refractivity contribution >= 4 is 21.0 Å². The quantitative estimate of drug-likeness (QED) is 0.550. The number of nitrogens with zero attached hydrogens (tertiary/aromatic N) is 1. The summed E-state index contributed by atoms with van der Waals surface area (Å²) >= 11 is 0. The Morgan fingerprint density at radius 2 is 2.03 bits per heavy atom. The molecule has 0 N–H and O–H groups in total. The van der Waals surface area contributed by atoms with Crippen LogP contribution in [0.4, 0.5) is 0 Å². The number of methoxy groups -OCH3 is 1. The van der Waals surface area contributed by atoms with Gasteiger partial charge in [0.15, 0.2) is 0 Å². The van der Waals surface area contributed by atoms with Gasteiger partial charge in [-0.15, -0.1) is 0 Å². The Labute approximate surface area is 178 Å². The minimum atomic E-state index is -3.31. The molecule has 1 aliphatic carbocycles. The van der Waals surface area contributed by atoms with Gasteiger partial charge in [-0.25, -0.2) is 12.7 Å². The summed E-state index contributed by atoms with van der Waals surface area (Å²) in [5.41, 5.74) is 4.43. The van der Waals surface area contributed by atoms with E-state index >= 15 is 0 Å². The summed E-state index contributed by atoms with van der Waals surface area (Å²) in [4.78, 5) is 0. The van der Waals surface area contributed by atoms with Crippen molar-refractivity contribution in [1.29, 1.82) is 0 Å². The van der Waals surface area contributed by atoms with Gasteiger partial charge in [0.2, 0.25) is 10.0 Å². The molecular formula is C24H29NO4S. The summed E-state index contributed by atoms with van der Waals surface area (Å²) in [6.07, 6.45) is 5.01. The molecule has 1 unspecified atom stereocenters. The Kier molecular flexibility index (Phi) is 5.89. The van der Waals surface area contributed by atoms with Gasteiger partial charge in [0.1, 0.15) is 17.1 Å². The fraction of sp³-hybridized carbons (Fsp3) is 0.417. The average molecular weight is 428 g/mol. The van der Waals surface area contributed by atoms with E-state index in [1.54, 1.807) is 11.4 Å². The third kappa shape index (κ3) is 4.40. The zero-order valence-electron chi connectivity index (χ0n) is 17.8. The molecule has 1 heterocycles. The molecule has 0 fully saturated rings. The molecule has 2 aromatic carbocycles. The van der Waals surface area contributed by atoms with E-state index in [4.69, 9.17) is 9.15 Å². The highest BCUT2D eigenvalue weighted by molar-refractivity contribution is 7.88. The number of fused-ring (bicyclic) bond motifs is 2. The second-order valence-electron chi connectivity index (χ2n) is 8.22. The maximum absolute atomic E-state index is 12.6. The van der Waals surface area contributed by atoms with Crippen molar-refractivity contribution in [3.8, 4) is 5.75 Å². The van der Waals surface area contributed by atoms with E-state index in [1.165, 1.54) is 17.4 Å². The van der Waals surface area contributed by atoms with Gasteiger partial charge in [0.05, 0.1) is 13.4 Å². The molecule has 0 amide bonds. The smallest absolute Gasteiger partial charge is 0.211 e. The first-order chi connectivity index (χ1) is 14.3. The molecule has 1 aromatic heterocycles. The van der Waals surface area contributed by atoms with Gasteiger partial charge in [-0.1, -0.05) is 18.2 Å². The van der Waals surface area contributed by atoms with Crippen molar-refractivity contribution in [2.75, 3.05) is 26.5 Å². The zero-order valence-corrected chi connectivity index (χ0v) is 18.7. The van der Waals surface area contributed by atoms with Crippen LogP contribution >= 0.6 is 0 Å². The average Bonchev–Trinajstić information content (AvgIpc) is 3.09. The SMILES string of the molecule is COc1cccc2c1CCCC2CN(CCc1ccc2oc(C)cc2c1)S(C)(=O)=O. The number of sulfonamides is 1. The highest BCUT2D eigenvalue weighted by Crippen LogP contribution is 2.37. The molecule has 5 nitrogen and oxygen atoms in total. The van der Waals surface area contributed by atoms with Crippen LogP contribution in [0.25, 0.3) is 11.0 Å². The Hall–Kier alpha value is -2.31. The number of benzene rings is 2. The van der Waals surface area contributed by atoms with Crippen molar-refractivity contribution in [3.63, 3.8) is 0 Å². The molecule has 1 atom stereocenters. The highest BCUT2D eigenvalue weighted by atomic mass is 32.2. The third-order valence-corrected chi connectivity index (χ3v) is 7.32. The summed E-state index contributed by atoms with van der Waals surface area (Å²) in [5, 5.41) is 1.06. The Bertz CT molecular complexity index is 1150. The number of ether oxygens (including phenoxy) is 1. The molecule has 3 aromatic rings. The van der Waals surface area contributed by atoms with E-state index in [2.05, 4.69) is 12.1 Å². The minimum absolute atomic E-state index is 0.192. The maximum atomic E-state index is 12.6. The van der Waals surface area contributed by atoms with Gasteiger partial charge < -0.3 is 9.15 Å². The standard InChI is InChI=1S/C24H29NO4S/c1-17-14-20-15-18(10-11-23(20)29-17)12-13-25(30(3,26)27)16-19-6-4-8-22-21(19)7-5-9-24(22)28-2/h5,7,9-11,14-15,19H,4,6,8,12-13,16H2,1-3H3. The Morgan fingerprint density at radius 3 is 2.80 bits per heavy atom. The molecule has 1 aliphatic rings. The largest absolute Gasteiger partial charge is 0.496 e. The summed E-state index contributed by atoms with van der Waals surface area (Å²) < 4.78 is 37.9. The maximum Gasteiger partial charge on any atom is 0.211 e. The second kappa shape index (κ2) is 8.44. The summed E-state index contributed by atoms with van der Waals surface area (Å²) in [5.74, 6) is 1.98. The fourth-order valence-corrected chi connectivity index (χ4v) is 5.44. The number of aryl methyl sites for hydroxylation is 1. The van der Waals surface area contributed by atoms with Crippen LogP contribution in [0.1, 0.15) is 41.2 Å². The number of hydrogen-bond donors (Lipinski definition) is 0. The van der Waals surface area contributed by atoms with Crippen LogP contribution in [0.3, 0.4) is 0 Å². The third-order valence-electron chi connectivity index (χ3n) is 6.06. The molecular weight excluding hydrogens is 398 g/mol. The Balaban J connectivity index is 1.53. The van der Waals surface area contributed by atoms with Gasteiger partial charge in [-0.2, -0.15) is 0 Å². The number of rotatable bonds is 7. The van der Waals surface area contributed by atoms with Gasteiger partial charge in [0.25, 0.3) is 0 Å². The highest BCUT2D eigenvalue weighted by Gasteiger charge is 2.27. The van der Waals surface area contributed by atoms with Crippen LogP contribution < -0.4 is 4.74 Å². The predicted molar refractivity (Wildman–Crippen MR) is 120 cm³/mol. The molecule has 4 rings (SSSR count). The van der Waals surface area contributed by atoms with Gasteiger partial charge in [-0.05, 0) is 79.5 Å². The first kappa shape index (κ1) is 20.9. The molecule has 0 aliphatic heterocycles. The van der Waals surface area contributed by atoms with Gasteiger partial charge >= 0.3 is 0 Å². The zero-order chi connectivity index (χ0) is 21.3. The molecule has 0 saturated heterocycles. The molecule has 160 valence electrons. The lowest BCUT2D eigenvalue weighted by molar-refractivity contribution is 0.363. The summed E-state index contributed by atoms with van der Waals surface area (Å²) in [7, 11) is -1.61. The molecule has 0 radical (unpaired) electrons. The fourth-order valence-electron chi connectivity index (χ4n) is 4.57. The summed E-state index contributed by atoms with van der Waals surface area (Å²) in [6, 6.07) is 14.2. The van der Waals surface area contributed by atoms with Crippen molar-refractivity contribution in [2.45, 2.75) is 38.5 Å². The van der Waals surface area contributed by atoms with Crippen molar-refractivity contribution in [3.05, 3.63) is 64.9 Å². The van der Waals surface area contributed by atoms with Crippen LogP contribution in [0, 0.1) is 6.92 Å². The lowest BCUT2D eigenvalue weighted by Crippen LogP contribution is -2.36. The van der Waals surface area contributed by atoms with Crippen molar-refractivity contribution < 1.29 is 17.6 Å². The summed E-state index contributed by atoms with van der Waals surface area (Å²) in [6.45, 7) is 2.91. The Morgan fingerprint density at radius 1 is 1.20 bits per heavy atom. The van der Waals surface area contributed by atoms with E-state index in [1.807, 2.05) is 37.3 Å².